The summed E-state index contributed by atoms with van der Waals surface area (Å²) in [6.45, 7) is 5.27. The smallest absolute Gasteiger partial charge is 0.165 e. The molecule has 0 unspecified atom stereocenters. The highest BCUT2D eigenvalue weighted by atomic mass is 16.1. The number of aryl methyl sites for hydroxylation is 2. The molecule has 0 saturated carbocycles. The Bertz CT molecular complexity index is 626. The van der Waals surface area contributed by atoms with E-state index in [0.29, 0.717) is 12.2 Å². The van der Waals surface area contributed by atoms with Crippen LogP contribution in [0.3, 0.4) is 0 Å². The average Bonchev–Trinajstić information content (AvgIpc) is 2.79. The molecule has 20 heavy (non-hydrogen) atoms. The van der Waals surface area contributed by atoms with E-state index in [4.69, 9.17) is 0 Å². The van der Waals surface area contributed by atoms with Crippen molar-refractivity contribution in [1.29, 1.82) is 0 Å². The van der Waals surface area contributed by atoms with Crippen molar-refractivity contribution in [2.24, 2.45) is 5.41 Å². The maximum absolute atomic E-state index is 12.2. The molecule has 0 radical (unpaired) electrons. The van der Waals surface area contributed by atoms with Crippen LogP contribution in [-0.4, -0.2) is 15.3 Å². The summed E-state index contributed by atoms with van der Waals surface area (Å²) in [6, 6.07) is 6.08. The lowest BCUT2D eigenvalue weighted by atomic mass is 9.76. The molecule has 0 spiro atoms. The first-order valence-corrected chi connectivity index (χ1v) is 7.15. The minimum absolute atomic E-state index is 0.0802. The Morgan fingerprint density at radius 3 is 2.70 bits per heavy atom. The molecule has 3 rings (SSSR count). The number of pyridine rings is 1. The van der Waals surface area contributed by atoms with Crippen molar-refractivity contribution in [3.05, 3.63) is 53.6 Å². The second-order valence-electron chi connectivity index (χ2n) is 6.42. The third-order valence-corrected chi connectivity index (χ3v) is 4.05. The molecular formula is C17H20N2O. The lowest BCUT2D eigenvalue weighted by molar-refractivity contribution is 0.0910. The average molecular weight is 268 g/mol. The monoisotopic (exact) mass is 268 g/mol. The number of rotatable bonds is 3. The number of hydrogen-bond donors (Lipinski definition) is 0. The summed E-state index contributed by atoms with van der Waals surface area (Å²) in [4.78, 5) is 16.2. The zero-order chi connectivity index (χ0) is 14.2. The lowest BCUT2D eigenvalue weighted by Crippen LogP contribution is -2.28. The van der Waals surface area contributed by atoms with E-state index in [1.807, 2.05) is 30.6 Å². The third-order valence-electron chi connectivity index (χ3n) is 4.05. The van der Waals surface area contributed by atoms with Crippen molar-refractivity contribution in [1.82, 2.24) is 9.55 Å². The normalized spacial score (nSPS) is 17.0. The SMILES string of the molecule is CC1(C)CC(=O)c2ccn(CCc3ccncc3)c2C1. The van der Waals surface area contributed by atoms with Gasteiger partial charge in [0.1, 0.15) is 0 Å². The van der Waals surface area contributed by atoms with Crippen LogP contribution in [0.5, 0.6) is 0 Å². The van der Waals surface area contributed by atoms with Gasteiger partial charge < -0.3 is 4.57 Å². The van der Waals surface area contributed by atoms with E-state index in [1.165, 1.54) is 11.3 Å². The Labute approximate surface area is 119 Å². The molecule has 2 heterocycles. The molecule has 0 aliphatic heterocycles. The van der Waals surface area contributed by atoms with Crippen LogP contribution >= 0.6 is 0 Å². The fourth-order valence-corrected chi connectivity index (χ4v) is 3.01. The molecule has 0 atom stereocenters. The van der Waals surface area contributed by atoms with Gasteiger partial charge in [0.05, 0.1) is 0 Å². The van der Waals surface area contributed by atoms with Crippen LogP contribution < -0.4 is 0 Å². The van der Waals surface area contributed by atoms with Crippen LogP contribution in [0.2, 0.25) is 0 Å². The Morgan fingerprint density at radius 1 is 1.20 bits per heavy atom. The molecule has 0 amide bonds. The highest BCUT2D eigenvalue weighted by Gasteiger charge is 2.32. The molecule has 3 heteroatoms. The first-order valence-electron chi connectivity index (χ1n) is 7.15. The van der Waals surface area contributed by atoms with E-state index >= 15 is 0 Å². The molecule has 0 N–H and O–H groups in total. The predicted molar refractivity (Wildman–Crippen MR) is 78.8 cm³/mol. The number of carbonyl (C=O) groups is 1. The zero-order valence-corrected chi connectivity index (χ0v) is 12.1. The minimum Gasteiger partial charge on any atom is -0.350 e. The van der Waals surface area contributed by atoms with E-state index in [1.54, 1.807) is 0 Å². The van der Waals surface area contributed by atoms with Crippen molar-refractivity contribution in [3.63, 3.8) is 0 Å². The maximum atomic E-state index is 12.2. The summed E-state index contributed by atoms with van der Waals surface area (Å²) in [5.74, 6) is 0.291. The molecule has 2 aromatic heterocycles. The molecule has 3 nitrogen and oxygen atoms in total. The fourth-order valence-electron chi connectivity index (χ4n) is 3.01. The number of aromatic nitrogens is 2. The number of carbonyl (C=O) groups excluding carboxylic acids is 1. The van der Waals surface area contributed by atoms with Gasteiger partial charge in [-0.3, -0.25) is 9.78 Å². The van der Waals surface area contributed by atoms with Gasteiger partial charge in [-0.15, -0.1) is 0 Å². The van der Waals surface area contributed by atoms with E-state index in [0.717, 1.165) is 24.9 Å². The van der Waals surface area contributed by atoms with Crippen molar-refractivity contribution >= 4 is 5.78 Å². The van der Waals surface area contributed by atoms with Gasteiger partial charge in [0, 0.05) is 42.8 Å². The second-order valence-corrected chi connectivity index (χ2v) is 6.42. The number of fused-ring (bicyclic) bond motifs is 1. The fraction of sp³-hybridized carbons (Fsp3) is 0.412. The highest BCUT2D eigenvalue weighted by Crippen LogP contribution is 2.35. The predicted octanol–water partition coefficient (Wildman–Crippen LogP) is 3.28. The van der Waals surface area contributed by atoms with Crippen molar-refractivity contribution in [2.45, 2.75) is 39.7 Å². The van der Waals surface area contributed by atoms with Gasteiger partial charge in [-0.2, -0.15) is 0 Å². The molecule has 1 aliphatic carbocycles. The van der Waals surface area contributed by atoms with Crippen molar-refractivity contribution in [2.75, 3.05) is 0 Å². The summed E-state index contributed by atoms with van der Waals surface area (Å²) in [6.07, 6.45) is 8.33. The summed E-state index contributed by atoms with van der Waals surface area (Å²) in [5.41, 5.74) is 3.50. The number of hydrogen-bond acceptors (Lipinski definition) is 2. The van der Waals surface area contributed by atoms with Gasteiger partial charge in [0.15, 0.2) is 5.78 Å². The summed E-state index contributed by atoms with van der Waals surface area (Å²) < 4.78 is 2.24. The molecule has 0 aromatic carbocycles. The highest BCUT2D eigenvalue weighted by molar-refractivity contribution is 5.98. The molecule has 0 saturated heterocycles. The Balaban J connectivity index is 1.81. The van der Waals surface area contributed by atoms with Gasteiger partial charge in [-0.1, -0.05) is 13.8 Å². The van der Waals surface area contributed by atoms with Crippen LogP contribution in [0, 0.1) is 5.41 Å². The molecule has 2 aromatic rings. The van der Waals surface area contributed by atoms with Gasteiger partial charge >= 0.3 is 0 Å². The quantitative estimate of drug-likeness (QED) is 0.856. The van der Waals surface area contributed by atoms with Crippen molar-refractivity contribution in [3.8, 4) is 0 Å². The van der Waals surface area contributed by atoms with Crippen LogP contribution in [0.4, 0.5) is 0 Å². The summed E-state index contributed by atoms with van der Waals surface area (Å²) >= 11 is 0. The van der Waals surface area contributed by atoms with Crippen LogP contribution in [-0.2, 0) is 19.4 Å². The largest absolute Gasteiger partial charge is 0.350 e. The topological polar surface area (TPSA) is 34.9 Å². The maximum Gasteiger partial charge on any atom is 0.165 e. The van der Waals surface area contributed by atoms with E-state index < -0.39 is 0 Å². The Kier molecular flexibility index (Phi) is 3.20. The van der Waals surface area contributed by atoms with Crippen LogP contribution in [0.1, 0.15) is 41.9 Å². The van der Waals surface area contributed by atoms with E-state index in [2.05, 4.69) is 29.6 Å². The molecule has 1 aliphatic rings. The molecule has 0 fully saturated rings. The first-order chi connectivity index (χ1) is 9.55. The Morgan fingerprint density at radius 2 is 1.95 bits per heavy atom. The number of Topliss-reactive ketones (excluding diaryl/α,β-unsaturated/α-hetero) is 1. The zero-order valence-electron chi connectivity index (χ0n) is 12.1. The molecular weight excluding hydrogens is 248 g/mol. The Hall–Kier alpha value is -1.90. The van der Waals surface area contributed by atoms with Crippen LogP contribution in [0.25, 0.3) is 0 Å². The van der Waals surface area contributed by atoms with Gasteiger partial charge in [-0.25, -0.2) is 0 Å². The molecule has 104 valence electrons. The molecule has 0 bridgehead atoms. The van der Waals surface area contributed by atoms with Crippen molar-refractivity contribution < 1.29 is 4.79 Å². The first kappa shape index (κ1) is 13.1. The van der Waals surface area contributed by atoms with Crippen LogP contribution in [0.15, 0.2) is 36.8 Å². The summed E-state index contributed by atoms with van der Waals surface area (Å²) in [5, 5.41) is 0. The number of ketones is 1. The second kappa shape index (κ2) is 4.89. The summed E-state index contributed by atoms with van der Waals surface area (Å²) in [7, 11) is 0. The lowest BCUT2D eigenvalue weighted by Gasteiger charge is -2.29. The van der Waals surface area contributed by atoms with E-state index in [-0.39, 0.29) is 5.41 Å². The standard InChI is InChI=1S/C17H20N2O/c1-17(2)11-15-14(16(20)12-17)6-10-19(15)9-5-13-3-7-18-8-4-13/h3-4,6-8,10H,5,9,11-12H2,1-2H3. The van der Waals surface area contributed by atoms with E-state index in [9.17, 15) is 4.79 Å². The van der Waals surface area contributed by atoms with Gasteiger partial charge in [-0.05, 0) is 42.0 Å². The van der Waals surface area contributed by atoms with Gasteiger partial charge in [0.2, 0.25) is 0 Å². The number of nitrogens with zero attached hydrogens (tertiary/aromatic N) is 2. The minimum atomic E-state index is 0.0802. The third kappa shape index (κ3) is 2.53. The van der Waals surface area contributed by atoms with Gasteiger partial charge in [0.25, 0.3) is 0 Å².